The number of rotatable bonds is 3. The van der Waals surface area contributed by atoms with E-state index in [1.165, 1.54) is 0 Å². The van der Waals surface area contributed by atoms with Crippen LogP contribution in [-0.4, -0.2) is 18.2 Å². The molecule has 0 heterocycles. The van der Waals surface area contributed by atoms with Gasteiger partial charge in [-0.2, -0.15) is 0 Å². The fraction of sp³-hybridized carbons (Fsp3) is 0.462. The maximum Gasteiger partial charge on any atom is 0.407 e. The van der Waals surface area contributed by atoms with E-state index in [1.54, 1.807) is 18.2 Å². The second-order valence-corrected chi connectivity index (χ2v) is 5.69. The van der Waals surface area contributed by atoms with Crippen molar-refractivity contribution in [1.29, 1.82) is 0 Å². The van der Waals surface area contributed by atoms with Crippen LogP contribution in [0.3, 0.4) is 0 Å². The smallest absolute Gasteiger partial charge is 0.407 e. The summed E-state index contributed by atoms with van der Waals surface area (Å²) in [7, 11) is 0. The summed E-state index contributed by atoms with van der Waals surface area (Å²) in [6.07, 6.45) is 0.128. The largest absolute Gasteiger partial charge is 0.444 e. The maximum atomic E-state index is 11.4. The monoisotopic (exact) mass is 289 g/mol. The van der Waals surface area contributed by atoms with Gasteiger partial charge in [0.2, 0.25) is 0 Å². The summed E-state index contributed by atoms with van der Waals surface area (Å²) >= 11 is 12.0. The van der Waals surface area contributed by atoms with E-state index in [9.17, 15) is 4.79 Å². The quantitative estimate of drug-likeness (QED) is 0.911. The summed E-state index contributed by atoms with van der Waals surface area (Å²) in [5, 5.41) is 3.87. The molecular formula is C13H17Cl2NO2. The number of carbonyl (C=O) groups excluding carboxylic acids is 1. The number of carbonyl (C=O) groups is 1. The third-order valence-corrected chi connectivity index (χ3v) is 2.81. The summed E-state index contributed by atoms with van der Waals surface area (Å²) in [4.78, 5) is 11.4. The number of nitrogens with one attached hydrogen (secondary N) is 1. The Bertz CT molecular complexity index is 407. The Morgan fingerprint density at radius 2 is 1.83 bits per heavy atom. The van der Waals surface area contributed by atoms with Gasteiger partial charge in [-0.15, -0.1) is 0 Å². The van der Waals surface area contributed by atoms with Gasteiger partial charge in [0.05, 0.1) is 0 Å². The fourth-order valence-electron chi connectivity index (χ4n) is 1.37. The van der Waals surface area contributed by atoms with Gasteiger partial charge in [0, 0.05) is 16.6 Å². The van der Waals surface area contributed by atoms with E-state index in [0.29, 0.717) is 23.0 Å². The number of amides is 1. The lowest BCUT2D eigenvalue weighted by Crippen LogP contribution is -2.33. The summed E-state index contributed by atoms with van der Waals surface area (Å²) in [5.74, 6) is 0. The Balaban J connectivity index is 2.45. The van der Waals surface area contributed by atoms with Crippen molar-refractivity contribution in [1.82, 2.24) is 5.32 Å². The molecule has 1 aromatic rings. The molecule has 1 aromatic carbocycles. The summed E-state index contributed by atoms with van der Waals surface area (Å²) in [6.45, 7) is 5.88. The van der Waals surface area contributed by atoms with Crippen LogP contribution < -0.4 is 5.32 Å². The highest BCUT2D eigenvalue weighted by molar-refractivity contribution is 6.35. The van der Waals surface area contributed by atoms with Crippen LogP contribution in [-0.2, 0) is 11.2 Å². The van der Waals surface area contributed by atoms with Gasteiger partial charge in [0.1, 0.15) is 5.60 Å². The van der Waals surface area contributed by atoms with Gasteiger partial charge in [0.25, 0.3) is 0 Å². The first kappa shape index (κ1) is 15.1. The fourth-order valence-corrected chi connectivity index (χ4v) is 1.96. The molecule has 0 fully saturated rings. The topological polar surface area (TPSA) is 38.3 Å². The molecule has 18 heavy (non-hydrogen) atoms. The predicted molar refractivity (Wildman–Crippen MR) is 74.4 cm³/mol. The van der Waals surface area contributed by atoms with Gasteiger partial charge in [0.15, 0.2) is 0 Å². The van der Waals surface area contributed by atoms with Crippen LogP contribution >= 0.6 is 23.2 Å². The highest BCUT2D eigenvalue weighted by Gasteiger charge is 2.15. The minimum Gasteiger partial charge on any atom is -0.444 e. The van der Waals surface area contributed by atoms with E-state index in [1.807, 2.05) is 20.8 Å². The molecule has 0 saturated heterocycles. The molecule has 100 valence electrons. The van der Waals surface area contributed by atoms with E-state index in [4.69, 9.17) is 27.9 Å². The number of alkyl carbamates (subject to hydrolysis) is 1. The van der Waals surface area contributed by atoms with Crippen molar-refractivity contribution in [2.45, 2.75) is 32.8 Å². The van der Waals surface area contributed by atoms with Crippen molar-refractivity contribution < 1.29 is 9.53 Å². The van der Waals surface area contributed by atoms with Crippen molar-refractivity contribution >= 4 is 29.3 Å². The Kier molecular flexibility index (Phi) is 5.29. The molecule has 1 rings (SSSR count). The summed E-state index contributed by atoms with van der Waals surface area (Å²) in [6, 6.07) is 5.34. The van der Waals surface area contributed by atoms with Gasteiger partial charge in [-0.1, -0.05) is 29.3 Å². The highest BCUT2D eigenvalue weighted by Crippen LogP contribution is 2.24. The lowest BCUT2D eigenvalue weighted by molar-refractivity contribution is 0.0528. The number of benzene rings is 1. The van der Waals surface area contributed by atoms with Crippen LogP contribution in [0.1, 0.15) is 26.3 Å². The molecule has 0 atom stereocenters. The van der Waals surface area contributed by atoms with E-state index in [0.717, 1.165) is 5.56 Å². The van der Waals surface area contributed by atoms with Crippen LogP contribution in [0.4, 0.5) is 4.79 Å². The van der Waals surface area contributed by atoms with Gasteiger partial charge in [-0.05, 0) is 44.9 Å². The average molecular weight is 290 g/mol. The molecule has 0 unspecified atom stereocenters. The minimum absolute atomic E-state index is 0.429. The first-order valence-electron chi connectivity index (χ1n) is 5.69. The van der Waals surface area contributed by atoms with Crippen LogP contribution in [0.2, 0.25) is 10.0 Å². The van der Waals surface area contributed by atoms with E-state index < -0.39 is 11.7 Å². The molecule has 5 heteroatoms. The van der Waals surface area contributed by atoms with Crippen molar-refractivity contribution in [2.24, 2.45) is 0 Å². The number of ether oxygens (including phenoxy) is 1. The molecule has 0 aliphatic heterocycles. The third kappa shape index (κ3) is 5.15. The third-order valence-electron chi connectivity index (χ3n) is 2.10. The SMILES string of the molecule is CC(C)(C)OC(=O)NCCc1c(Cl)cccc1Cl. The molecule has 0 aromatic heterocycles. The Morgan fingerprint density at radius 1 is 1.28 bits per heavy atom. The predicted octanol–water partition coefficient (Wildman–Crippen LogP) is 4.06. The second kappa shape index (κ2) is 6.30. The van der Waals surface area contributed by atoms with Crippen molar-refractivity contribution in [3.05, 3.63) is 33.8 Å². The zero-order chi connectivity index (χ0) is 13.8. The molecule has 0 aliphatic carbocycles. The maximum absolute atomic E-state index is 11.4. The van der Waals surface area contributed by atoms with Crippen LogP contribution in [0.25, 0.3) is 0 Å². The zero-order valence-corrected chi connectivity index (χ0v) is 12.2. The average Bonchev–Trinajstić information content (AvgIpc) is 2.19. The highest BCUT2D eigenvalue weighted by atomic mass is 35.5. The standard InChI is InChI=1S/C13H17Cl2NO2/c1-13(2,3)18-12(17)16-8-7-9-10(14)5-4-6-11(9)15/h4-6H,7-8H2,1-3H3,(H,16,17). The number of hydrogen-bond acceptors (Lipinski definition) is 2. The van der Waals surface area contributed by atoms with Crippen molar-refractivity contribution in [3.63, 3.8) is 0 Å². The van der Waals surface area contributed by atoms with Crippen LogP contribution in [0, 0.1) is 0 Å². The molecule has 0 aliphatic rings. The molecule has 0 radical (unpaired) electrons. The van der Waals surface area contributed by atoms with Crippen molar-refractivity contribution in [2.75, 3.05) is 6.54 Å². The normalized spacial score (nSPS) is 11.2. The molecule has 0 bridgehead atoms. The first-order chi connectivity index (χ1) is 8.29. The van der Waals surface area contributed by atoms with E-state index >= 15 is 0 Å². The zero-order valence-electron chi connectivity index (χ0n) is 10.7. The molecule has 0 spiro atoms. The first-order valence-corrected chi connectivity index (χ1v) is 6.45. The van der Waals surface area contributed by atoms with Gasteiger partial charge in [-0.3, -0.25) is 0 Å². The Hall–Kier alpha value is -0.930. The summed E-state index contributed by atoms with van der Waals surface area (Å²) in [5.41, 5.74) is 0.337. The molecule has 1 amide bonds. The molecule has 1 N–H and O–H groups in total. The Labute approximate surface area is 117 Å². The van der Waals surface area contributed by atoms with Crippen LogP contribution in [0.15, 0.2) is 18.2 Å². The lowest BCUT2D eigenvalue weighted by Gasteiger charge is -2.19. The molecular weight excluding hydrogens is 273 g/mol. The Morgan fingerprint density at radius 3 is 2.33 bits per heavy atom. The number of hydrogen-bond donors (Lipinski definition) is 1. The van der Waals surface area contributed by atoms with Crippen molar-refractivity contribution in [3.8, 4) is 0 Å². The van der Waals surface area contributed by atoms with E-state index in [2.05, 4.69) is 5.32 Å². The van der Waals surface area contributed by atoms with E-state index in [-0.39, 0.29) is 0 Å². The van der Waals surface area contributed by atoms with Crippen LogP contribution in [0.5, 0.6) is 0 Å². The minimum atomic E-state index is -0.494. The molecule has 3 nitrogen and oxygen atoms in total. The van der Waals surface area contributed by atoms with Gasteiger partial charge < -0.3 is 10.1 Å². The van der Waals surface area contributed by atoms with Gasteiger partial charge in [-0.25, -0.2) is 4.79 Å². The van der Waals surface area contributed by atoms with Gasteiger partial charge >= 0.3 is 6.09 Å². The second-order valence-electron chi connectivity index (χ2n) is 4.88. The molecule has 0 saturated carbocycles. The summed E-state index contributed by atoms with van der Waals surface area (Å²) < 4.78 is 5.12. The number of halogens is 2. The lowest BCUT2D eigenvalue weighted by atomic mass is 10.1.